The number of H-pyrrole nitrogens is 1. The Morgan fingerprint density at radius 1 is 0.897 bits per heavy atom. The number of aromatic nitrogens is 1. The zero-order valence-electron chi connectivity index (χ0n) is 22.9. The summed E-state index contributed by atoms with van der Waals surface area (Å²) in [7, 11) is 0. The molecule has 0 saturated carbocycles. The van der Waals surface area contributed by atoms with E-state index >= 15 is 0 Å². The van der Waals surface area contributed by atoms with Crippen LogP contribution in [0, 0.1) is 0 Å². The molecule has 3 unspecified atom stereocenters. The molecule has 0 aliphatic carbocycles. The number of aliphatic carboxylic acids is 1. The van der Waals surface area contributed by atoms with E-state index in [2.05, 4.69) is 33.6 Å². The van der Waals surface area contributed by atoms with Crippen molar-refractivity contribution in [2.24, 2.45) is 0 Å². The van der Waals surface area contributed by atoms with Crippen LogP contribution in [0.15, 0.2) is 30.5 Å². The second-order valence-corrected chi connectivity index (χ2v) is 9.91. The lowest BCUT2D eigenvalue weighted by molar-refractivity contribution is -0.308. The fraction of sp³-hybridized carbons (Fsp3) is 0.536. The van der Waals surface area contributed by atoms with Gasteiger partial charge in [0.25, 0.3) is 0 Å². The lowest BCUT2D eigenvalue weighted by atomic mass is 10.0. The van der Waals surface area contributed by atoms with Crippen molar-refractivity contribution in [1.82, 2.24) is 20.9 Å². The number of nitrogens with one attached hydrogen (secondary N) is 4. The number of rotatable bonds is 18. The molecule has 4 amide bonds. The van der Waals surface area contributed by atoms with E-state index in [0.29, 0.717) is 6.42 Å². The van der Waals surface area contributed by atoms with Crippen molar-refractivity contribution in [3.8, 4) is 0 Å². The Morgan fingerprint density at radius 3 is 2.23 bits per heavy atom. The first-order valence-electron chi connectivity index (χ1n) is 13.6. The third-order valence-electron chi connectivity index (χ3n) is 6.59. The second kappa shape index (κ2) is 16.3. The number of hydrogen-bond donors (Lipinski definition) is 6. The normalized spacial score (nSPS) is 13.3. The summed E-state index contributed by atoms with van der Waals surface area (Å²) in [5, 5.41) is 17.6. The molecule has 214 valence electrons. The number of amides is 4. The molecule has 2 aromatic rings. The Kier molecular flexibility index (Phi) is 13.1. The number of carboxylic acids is 1. The van der Waals surface area contributed by atoms with E-state index in [1.165, 1.54) is 26.2 Å². The summed E-state index contributed by atoms with van der Waals surface area (Å²) in [4.78, 5) is 64.4. The quantitative estimate of drug-likeness (QED) is 0.155. The highest BCUT2D eigenvalue weighted by Crippen LogP contribution is 2.19. The van der Waals surface area contributed by atoms with Gasteiger partial charge in [0.05, 0.1) is 6.42 Å². The number of carboxylic acid groups (broad SMARTS) is 1. The molecule has 0 radical (unpaired) electrons. The van der Waals surface area contributed by atoms with E-state index in [4.69, 9.17) is 5.11 Å². The number of benzene rings is 1. The van der Waals surface area contributed by atoms with Gasteiger partial charge < -0.3 is 26.0 Å². The van der Waals surface area contributed by atoms with Gasteiger partial charge >= 0.3 is 11.9 Å². The zero-order chi connectivity index (χ0) is 28.8. The molecule has 0 saturated heterocycles. The molecule has 0 aliphatic heterocycles. The fourth-order valence-corrected chi connectivity index (χ4v) is 4.34. The summed E-state index contributed by atoms with van der Waals surface area (Å²) in [5.74, 6) is -3.56. The molecule has 11 heteroatoms. The number of quaternary nitrogens is 1. The molecule has 1 aromatic carbocycles. The SMILES string of the molecule is CCCCCCCCCC(=O)NC(Cc1c[nH]c2ccccc12)C(=O)NC(C)C(=O)NC(CC(=O)O)C([NH3+])=O. The van der Waals surface area contributed by atoms with Crippen LogP contribution in [-0.4, -0.2) is 57.8 Å². The molecule has 2 rings (SSSR count). The van der Waals surface area contributed by atoms with Crippen LogP contribution in [0.5, 0.6) is 0 Å². The number of para-hydroxylation sites is 1. The van der Waals surface area contributed by atoms with Crippen LogP contribution < -0.4 is 21.7 Å². The molecule has 0 spiro atoms. The Hall–Kier alpha value is -3.73. The van der Waals surface area contributed by atoms with Crippen LogP contribution in [-0.2, 0) is 30.4 Å². The molecule has 0 aliphatic rings. The number of carbonyl (C=O) groups excluding carboxylic acids is 4. The van der Waals surface area contributed by atoms with E-state index in [1.54, 1.807) is 6.20 Å². The lowest BCUT2D eigenvalue weighted by Gasteiger charge is -2.22. The second-order valence-electron chi connectivity index (χ2n) is 9.91. The van der Waals surface area contributed by atoms with Gasteiger partial charge in [-0.2, -0.15) is 0 Å². The van der Waals surface area contributed by atoms with Crippen molar-refractivity contribution in [2.75, 3.05) is 0 Å². The van der Waals surface area contributed by atoms with Gasteiger partial charge in [-0.1, -0.05) is 63.6 Å². The molecule has 0 bridgehead atoms. The topological polar surface area (TPSA) is 185 Å². The first-order chi connectivity index (χ1) is 18.6. The summed E-state index contributed by atoms with van der Waals surface area (Å²) in [5.41, 5.74) is 4.92. The van der Waals surface area contributed by atoms with Gasteiger partial charge in [-0.05, 0) is 25.0 Å². The Labute approximate surface area is 228 Å². The van der Waals surface area contributed by atoms with E-state index in [-0.39, 0.29) is 12.3 Å². The molecule has 8 N–H and O–H groups in total. The largest absolute Gasteiger partial charge is 0.481 e. The van der Waals surface area contributed by atoms with Gasteiger partial charge in [-0.3, -0.25) is 24.9 Å². The van der Waals surface area contributed by atoms with Crippen molar-refractivity contribution < 1.29 is 34.8 Å². The third-order valence-corrected chi connectivity index (χ3v) is 6.59. The fourth-order valence-electron chi connectivity index (χ4n) is 4.34. The highest BCUT2D eigenvalue weighted by Gasteiger charge is 2.29. The summed E-state index contributed by atoms with van der Waals surface area (Å²) in [6, 6.07) is 4.28. The van der Waals surface area contributed by atoms with Crippen molar-refractivity contribution in [1.29, 1.82) is 0 Å². The zero-order valence-corrected chi connectivity index (χ0v) is 22.9. The molecule has 1 heterocycles. The maximum absolute atomic E-state index is 13.2. The first-order valence-corrected chi connectivity index (χ1v) is 13.6. The van der Waals surface area contributed by atoms with Gasteiger partial charge in [0.15, 0.2) is 6.04 Å². The van der Waals surface area contributed by atoms with E-state index < -0.39 is 48.2 Å². The number of hydrogen-bond acceptors (Lipinski definition) is 5. The van der Waals surface area contributed by atoms with Gasteiger partial charge in [-0.15, -0.1) is 0 Å². The minimum atomic E-state index is -1.31. The smallest absolute Gasteiger partial charge is 0.331 e. The number of unbranched alkanes of at least 4 members (excludes halogenated alkanes) is 6. The minimum Gasteiger partial charge on any atom is -0.481 e. The average Bonchev–Trinajstić information content (AvgIpc) is 3.29. The average molecular weight is 545 g/mol. The van der Waals surface area contributed by atoms with Crippen molar-refractivity contribution in [2.45, 2.75) is 96.2 Å². The Morgan fingerprint density at radius 2 is 1.56 bits per heavy atom. The van der Waals surface area contributed by atoms with Gasteiger partial charge in [0.2, 0.25) is 17.7 Å². The van der Waals surface area contributed by atoms with E-state index in [1.807, 2.05) is 24.3 Å². The number of aromatic amines is 1. The summed E-state index contributed by atoms with van der Waals surface area (Å²) >= 11 is 0. The Balaban J connectivity index is 2.04. The standard InChI is InChI=1S/C28H41N5O6/c1-3-4-5-6-7-8-9-14-24(34)32-23(15-19-17-30-21-13-11-10-12-20(19)21)28(39)31-18(2)27(38)33-22(26(29)37)16-25(35)36/h10-13,17-18,22-23,30H,3-9,14-16H2,1-2H3,(H2,29,37)(H,31,39)(H,32,34)(H,33,38)(H,35,36)/p+1. The van der Waals surface area contributed by atoms with Crippen LogP contribution in [0.2, 0.25) is 0 Å². The molecule has 0 fully saturated rings. The third kappa shape index (κ3) is 10.9. The van der Waals surface area contributed by atoms with Crippen molar-refractivity contribution >= 4 is 40.5 Å². The van der Waals surface area contributed by atoms with Crippen LogP contribution in [0.3, 0.4) is 0 Å². The Bertz CT molecular complexity index is 1130. The minimum absolute atomic E-state index is 0.200. The van der Waals surface area contributed by atoms with Crippen molar-refractivity contribution in [3.05, 3.63) is 36.0 Å². The van der Waals surface area contributed by atoms with Crippen LogP contribution in [0.1, 0.15) is 77.2 Å². The molecule has 39 heavy (non-hydrogen) atoms. The first kappa shape index (κ1) is 31.5. The van der Waals surface area contributed by atoms with Crippen LogP contribution in [0.25, 0.3) is 10.9 Å². The highest BCUT2D eigenvalue weighted by atomic mass is 16.4. The van der Waals surface area contributed by atoms with Crippen molar-refractivity contribution in [3.63, 3.8) is 0 Å². The van der Waals surface area contributed by atoms with Gasteiger partial charge in [-0.25, -0.2) is 4.79 Å². The molecular formula is C28H42N5O6+. The number of carbonyl (C=O) groups is 5. The molecule has 1 aromatic heterocycles. The van der Waals surface area contributed by atoms with Gasteiger partial charge in [0.1, 0.15) is 12.1 Å². The van der Waals surface area contributed by atoms with E-state index in [9.17, 15) is 24.0 Å². The van der Waals surface area contributed by atoms with Crippen LogP contribution >= 0.6 is 0 Å². The number of fused-ring (bicyclic) bond motifs is 1. The van der Waals surface area contributed by atoms with E-state index in [0.717, 1.165) is 42.1 Å². The van der Waals surface area contributed by atoms with Gasteiger partial charge in [0, 0.05) is 29.9 Å². The summed E-state index contributed by atoms with van der Waals surface area (Å²) in [6.07, 6.45) is 9.14. The summed E-state index contributed by atoms with van der Waals surface area (Å²) in [6.45, 7) is 3.59. The predicted octanol–water partition coefficient (Wildman–Crippen LogP) is 1.57. The molecule has 11 nitrogen and oxygen atoms in total. The van der Waals surface area contributed by atoms with Crippen LogP contribution in [0.4, 0.5) is 0 Å². The monoisotopic (exact) mass is 544 g/mol. The lowest BCUT2D eigenvalue weighted by Crippen LogP contribution is -2.67. The summed E-state index contributed by atoms with van der Waals surface area (Å²) < 4.78 is 0. The predicted molar refractivity (Wildman–Crippen MR) is 146 cm³/mol. The highest BCUT2D eigenvalue weighted by molar-refractivity contribution is 5.94. The maximum atomic E-state index is 13.2. The molecule has 3 atom stereocenters. The molecular weight excluding hydrogens is 502 g/mol. The maximum Gasteiger partial charge on any atom is 0.331 e.